The second-order valence-corrected chi connectivity index (χ2v) is 9.07. The molecular formula is C26H37ClF2N4O2. The van der Waals surface area contributed by atoms with Crippen LogP contribution in [0.4, 0.5) is 25.0 Å². The summed E-state index contributed by atoms with van der Waals surface area (Å²) in [7, 11) is 0. The van der Waals surface area contributed by atoms with Crippen LogP contribution in [0, 0.1) is 11.6 Å². The molecule has 194 valence electrons. The number of carbonyl (C=O) groups is 1. The maximum atomic E-state index is 13.4. The van der Waals surface area contributed by atoms with Gasteiger partial charge in [-0.2, -0.15) is 0 Å². The Morgan fingerprint density at radius 1 is 0.857 bits per heavy atom. The highest BCUT2D eigenvalue weighted by molar-refractivity contribution is 5.85. The molecule has 0 unspecified atom stereocenters. The molecule has 0 bridgehead atoms. The van der Waals surface area contributed by atoms with Crippen molar-refractivity contribution in [3.63, 3.8) is 0 Å². The fraction of sp³-hybridized carbons (Fsp3) is 0.500. The highest BCUT2D eigenvalue weighted by Gasteiger charge is 2.23. The third-order valence-corrected chi connectivity index (χ3v) is 6.72. The number of carbonyl (C=O) groups excluding carboxylic acids is 1. The van der Waals surface area contributed by atoms with E-state index in [4.69, 9.17) is 0 Å². The van der Waals surface area contributed by atoms with Gasteiger partial charge in [0.15, 0.2) is 0 Å². The molecule has 2 aromatic carbocycles. The summed E-state index contributed by atoms with van der Waals surface area (Å²) < 4.78 is 26.8. The molecule has 0 atom stereocenters. The van der Waals surface area contributed by atoms with E-state index < -0.39 is 0 Å². The van der Waals surface area contributed by atoms with Crippen molar-refractivity contribution < 1.29 is 19.1 Å². The van der Waals surface area contributed by atoms with Crippen LogP contribution < -0.4 is 10.2 Å². The van der Waals surface area contributed by atoms with E-state index >= 15 is 0 Å². The summed E-state index contributed by atoms with van der Waals surface area (Å²) in [5.41, 5.74) is 1.76. The van der Waals surface area contributed by atoms with Crippen LogP contribution in [0.15, 0.2) is 48.5 Å². The van der Waals surface area contributed by atoms with Crippen LogP contribution in [0.2, 0.25) is 0 Å². The lowest BCUT2D eigenvalue weighted by molar-refractivity contribution is 0.135. The summed E-state index contributed by atoms with van der Waals surface area (Å²) in [5.74, 6) is -0.550. The summed E-state index contributed by atoms with van der Waals surface area (Å²) >= 11 is 0. The number of hydrogen-bond acceptors (Lipinski definition) is 3. The van der Waals surface area contributed by atoms with Crippen LogP contribution in [0.3, 0.4) is 0 Å². The number of halogens is 3. The molecule has 2 aromatic rings. The van der Waals surface area contributed by atoms with Gasteiger partial charge in [-0.3, -0.25) is 4.90 Å². The summed E-state index contributed by atoms with van der Waals surface area (Å²) in [4.78, 5) is 19.0. The minimum atomic E-state index is -0.275. The molecule has 0 aromatic heterocycles. The lowest BCUT2D eigenvalue weighted by atomic mass is 9.96. The summed E-state index contributed by atoms with van der Waals surface area (Å²) in [6.07, 6.45) is 6.82. The van der Waals surface area contributed by atoms with Crippen molar-refractivity contribution >= 4 is 29.8 Å². The Morgan fingerprint density at radius 2 is 1.37 bits per heavy atom. The quantitative estimate of drug-likeness (QED) is 0.584. The second-order valence-electron chi connectivity index (χ2n) is 9.07. The topological polar surface area (TPSA) is 70.3 Å². The molecule has 1 saturated carbocycles. The van der Waals surface area contributed by atoms with Crippen molar-refractivity contribution in [2.45, 2.75) is 44.6 Å². The van der Waals surface area contributed by atoms with Crippen molar-refractivity contribution in [2.24, 2.45) is 0 Å². The van der Waals surface area contributed by atoms with Gasteiger partial charge >= 0.3 is 6.03 Å². The first kappa shape index (κ1) is 28.8. The van der Waals surface area contributed by atoms with E-state index in [-0.39, 0.29) is 35.5 Å². The van der Waals surface area contributed by atoms with Crippen molar-refractivity contribution in [3.8, 4) is 0 Å². The van der Waals surface area contributed by atoms with E-state index in [1.807, 2.05) is 4.90 Å². The smallest absolute Gasteiger partial charge is 0.317 e. The molecular weight excluding hydrogens is 474 g/mol. The van der Waals surface area contributed by atoms with Crippen molar-refractivity contribution in [1.82, 2.24) is 15.1 Å². The maximum absolute atomic E-state index is 13.4. The molecule has 4 rings (SSSR count). The number of anilines is 2. The first-order valence-corrected chi connectivity index (χ1v) is 12.1. The number of hydrogen-bond donors (Lipinski definition) is 1. The molecule has 2 fully saturated rings. The second kappa shape index (κ2) is 14.2. The highest BCUT2D eigenvalue weighted by atomic mass is 35.5. The van der Waals surface area contributed by atoms with Gasteiger partial charge in [0, 0.05) is 50.1 Å². The molecule has 1 aliphatic heterocycles. The normalized spacial score (nSPS) is 16.7. The number of nitrogens with one attached hydrogen (secondary N) is 1. The Bertz CT molecular complexity index is 842. The standard InChI is InChI=1S/C26H34F2N4O.ClH.H2O/c27-21-7-11-24(12-8-21)32(25-13-9-22(28)10-14-25)16-4-15-30-17-19-31(20-18-30)26(33)29-23-5-2-1-3-6-23;;/h7-14,23H,1-6,15-20H2,(H,29,33);1H;1H2. The average Bonchev–Trinajstić information content (AvgIpc) is 2.84. The molecule has 1 heterocycles. The van der Waals surface area contributed by atoms with Crippen molar-refractivity contribution in [3.05, 3.63) is 60.2 Å². The SMILES string of the molecule is Cl.O.O=C(NC1CCCCC1)N1CCN(CCCN(c2ccc(F)cc2)c2ccc(F)cc2)CC1. The van der Waals surface area contributed by atoms with E-state index in [0.717, 1.165) is 69.9 Å². The summed E-state index contributed by atoms with van der Waals surface area (Å²) in [5, 5.41) is 3.21. The van der Waals surface area contributed by atoms with Crippen LogP contribution in [0.5, 0.6) is 0 Å². The van der Waals surface area contributed by atoms with Gasteiger partial charge in [0.25, 0.3) is 0 Å². The molecule has 35 heavy (non-hydrogen) atoms. The Hall–Kier alpha value is -2.42. The number of urea groups is 1. The molecule has 9 heteroatoms. The van der Waals surface area contributed by atoms with E-state index in [9.17, 15) is 13.6 Å². The number of amides is 2. The first-order valence-electron chi connectivity index (χ1n) is 12.1. The Balaban J connectivity index is 0.00000216. The molecule has 6 nitrogen and oxygen atoms in total. The third-order valence-electron chi connectivity index (χ3n) is 6.72. The minimum absolute atomic E-state index is 0. The van der Waals surface area contributed by atoms with E-state index in [2.05, 4.69) is 15.1 Å². The molecule has 1 aliphatic carbocycles. The number of nitrogens with zero attached hydrogens (tertiary/aromatic N) is 3. The largest absolute Gasteiger partial charge is 0.412 e. The van der Waals surface area contributed by atoms with E-state index in [0.29, 0.717) is 6.04 Å². The summed E-state index contributed by atoms with van der Waals surface area (Å²) in [6, 6.07) is 13.2. The molecule has 0 radical (unpaired) electrons. The van der Waals surface area contributed by atoms with Gasteiger partial charge in [0.2, 0.25) is 0 Å². The van der Waals surface area contributed by atoms with Crippen LogP contribution >= 0.6 is 12.4 Å². The van der Waals surface area contributed by atoms with Gasteiger partial charge in [0.05, 0.1) is 0 Å². The Labute approximate surface area is 213 Å². The van der Waals surface area contributed by atoms with Gasteiger partial charge < -0.3 is 20.6 Å². The lowest BCUT2D eigenvalue weighted by Crippen LogP contribution is -2.53. The molecule has 0 spiro atoms. The Morgan fingerprint density at radius 3 is 1.89 bits per heavy atom. The van der Waals surface area contributed by atoms with E-state index in [1.54, 1.807) is 24.3 Å². The number of piperazine rings is 1. The zero-order chi connectivity index (χ0) is 23.0. The molecule has 3 N–H and O–H groups in total. The highest BCUT2D eigenvalue weighted by Crippen LogP contribution is 2.26. The summed E-state index contributed by atoms with van der Waals surface area (Å²) in [6.45, 7) is 4.88. The van der Waals surface area contributed by atoms with Crippen LogP contribution in [0.1, 0.15) is 38.5 Å². The van der Waals surface area contributed by atoms with Gasteiger partial charge in [-0.1, -0.05) is 19.3 Å². The zero-order valence-electron chi connectivity index (χ0n) is 20.1. The average molecular weight is 511 g/mol. The number of benzene rings is 2. The van der Waals surface area contributed by atoms with Gasteiger partial charge in [-0.25, -0.2) is 13.6 Å². The lowest BCUT2D eigenvalue weighted by Gasteiger charge is -2.36. The Kier molecular flexibility index (Phi) is 11.7. The van der Waals surface area contributed by atoms with Crippen LogP contribution in [-0.2, 0) is 0 Å². The predicted octanol–water partition coefficient (Wildman–Crippen LogP) is 4.75. The minimum Gasteiger partial charge on any atom is -0.412 e. The molecule has 2 aliphatic rings. The zero-order valence-corrected chi connectivity index (χ0v) is 20.9. The fourth-order valence-electron chi connectivity index (χ4n) is 4.79. The van der Waals surface area contributed by atoms with Gasteiger partial charge in [-0.05, 0) is 74.3 Å². The van der Waals surface area contributed by atoms with Crippen molar-refractivity contribution in [2.75, 3.05) is 44.2 Å². The molecule has 2 amide bonds. The van der Waals surface area contributed by atoms with Gasteiger partial charge in [-0.15, -0.1) is 12.4 Å². The van der Waals surface area contributed by atoms with Gasteiger partial charge in [0.1, 0.15) is 11.6 Å². The predicted molar refractivity (Wildman–Crippen MR) is 139 cm³/mol. The van der Waals surface area contributed by atoms with E-state index in [1.165, 1.54) is 43.5 Å². The third kappa shape index (κ3) is 8.33. The monoisotopic (exact) mass is 510 g/mol. The maximum Gasteiger partial charge on any atom is 0.317 e. The fourth-order valence-corrected chi connectivity index (χ4v) is 4.79. The van der Waals surface area contributed by atoms with Crippen LogP contribution in [0.25, 0.3) is 0 Å². The number of rotatable bonds is 7. The van der Waals surface area contributed by atoms with Crippen molar-refractivity contribution in [1.29, 1.82) is 0 Å². The molecule has 1 saturated heterocycles. The first-order chi connectivity index (χ1) is 16.1. The van der Waals surface area contributed by atoms with Crippen LogP contribution in [-0.4, -0.2) is 66.6 Å².